The normalized spacial score (nSPS) is 26.2. The van der Waals surface area contributed by atoms with Gasteiger partial charge in [0.15, 0.2) is 0 Å². The van der Waals surface area contributed by atoms with Crippen molar-refractivity contribution in [3.63, 3.8) is 0 Å². The first-order valence-corrected chi connectivity index (χ1v) is 13.6. The molecule has 0 radical (unpaired) electrons. The molecular weight excluding hydrogens is 388 g/mol. The summed E-state index contributed by atoms with van der Waals surface area (Å²) >= 11 is 0. The van der Waals surface area contributed by atoms with Crippen molar-refractivity contribution in [1.29, 1.82) is 0 Å². The van der Waals surface area contributed by atoms with Crippen molar-refractivity contribution in [3.05, 3.63) is 59.7 Å². The van der Waals surface area contributed by atoms with Gasteiger partial charge in [-0.05, 0) is 98.3 Å². The van der Waals surface area contributed by atoms with Crippen LogP contribution in [0, 0.1) is 5.92 Å². The summed E-state index contributed by atoms with van der Waals surface area (Å²) in [5.74, 6) is 2.48. The van der Waals surface area contributed by atoms with Crippen LogP contribution in [-0.4, -0.2) is 12.7 Å². The molecule has 174 valence electrons. The number of ether oxygens (including phenoxy) is 1. The van der Waals surface area contributed by atoms with Gasteiger partial charge in [0.2, 0.25) is 0 Å². The van der Waals surface area contributed by atoms with Gasteiger partial charge in [0.1, 0.15) is 0 Å². The summed E-state index contributed by atoms with van der Waals surface area (Å²) in [6.07, 6.45) is 16.7. The summed E-state index contributed by atoms with van der Waals surface area (Å²) in [7, 11) is 0. The van der Waals surface area contributed by atoms with Gasteiger partial charge in [0, 0.05) is 6.61 Å². The average Bonchev–Trinajstić information content (AvgIpc) is 2.86. The number of hydrogen-bond acceptors (Lipinski definition) is 1. The molecular formula is C31H44O. The molecule has 2 aromatic carbocycles. The van der Waals surface area contributed by atoms with Crippen molar-refractivity contribution in [1.82, 2.24) is 0 Å². The highest BCUT2D eigenvalue weighted by atomic mass is 16.5. The highest BCUT2D eigenvalue weighted by Crippen LogP contribution is 2.39. The molecule has 0 aromatic heterocycles. The number of benzene rings is 2. The molecule has 0 heterocycles. The topological polar surface area (TPSA) is 9.23 Å². The Bertz CT molecular complexity index is 774. The number of unbranched alkanes of at least 4 members (excludes halogenated alkanes) is 2. The van der Waals surface area contributed by atoms with Gasteiger partial charge >= 0.3 is 0 Å². The fourth-order valence-electron chi connectivity index (χ4n) is 6.16. The third-order valence-electron chi connectivity index (χ3n) is 8.24. The van der Waals surface area contributed by atoms with Gasteiger partial charge in [-0.3, -0.25) is 0 Å². The molecule has 1 heteroatoms. The molecule has 2 fully saturated rings. The molecule has 0 bridgehead atoms. The molecule has 1 nitrogen and oxygen atoms in total. The van der Waals surface area contributed by atoms with E-state index in [1.165, 1.54) is 93.7 Å². The van der Waals surface area contributed by atoms with Gasteiger partial charge < -0.3 is 4.74 Å². The summed E-state index contributed by atoms with van der Waals surface area (Å²) in [6, 6.07) is 18.9. The monoisotopic (exact) mass is 432 g/mol. The Morgan fingerprint density at radius 2 is 1.12 bits per heavy atom. The van der Waals surface area contributed by atoms with Crippen LogP contribution in [-0.2, 0) is 4.74 Å². The third-order valence-corrected chi connectivity index (χ3v) is 8.24. The zero-order valence-electron chi connectivity index (χ0n) is 20.5. The molecule has 32 heavy (non-hydrogen) atoms. The van der Waals surface area contributed by atoms with Crippen molar-refractivity contribution in [2.75, 3.05) is 6.61 Å². The van der Waals surface area contributed by atoms with E-state index >= 15 is 0 Å². The van der Waals surface area contributed by atoms with Crippen LogP contribution in [0.2, 0.25) is 0 Å². The summed E-state index contributed by atoms with van der Waals surface area (Å²) < 4.78 is 5.82. The molecule has 2 aromatic rings. The maximum absolute atomic E-state index is 5.82. The molecule has 0 saturated heterocycles. The van der Waals surface area contributed by atoms with Gasteiger partial charge in [0.25, 0.3) is 0 Å². The lowest BCUT2D eigenvalue weighted by Crippen LogP contribution is -2.20. The Morgan fingerprint density at radius 1 is 0.625 bits per heavy atom. The number of hydrogen-bond donors (Lipinski definition) is 0. The summed E-state index contributed by atoms with van der Waals surface area (Å²) in [6.45, 7) is 5.27. The zero-order valence-corrected chi connectivity index (χ0v) is 20.5. The van der Waals surface area contributed by atoms with E-state index in [1.54, 1.807) is 5.56 Å². The lowest BCUT2D eigenvalue weighted by Gasteiger charge is -2.29. The Labute approximate surface area is 197 Å². The van der Waals surface area contributed by atoms with E-state index in [2.05, 4.69) is 62.4 Å². The van der Waals surface area contributed by atoms with Gasteiger partial charge in [-0.15, -0.1) is 0 Å². The molecule has 2 aliphatic carbocycles. The summed E-state index contributed by atoms with van der Waals surface area (Å²) in [5.41, 5.74) is 5.77. The predicted octanol–water partition coefficient (Wildman–Crippen LogP) is 9.27. The van der Waals surface area contributed by atoms with Crippen LogP contribution in [0.15, 0.2) is 48.5 Å². The largest absolute Gasteiger partial charge is 0.379 e. The minimum absolute atomic E-state index is 0.491. The zero-order chi connectivity index (χ0) is 22.2. The van der Waals surface area contributed by atoms with Gasteiger partial charge in [-0.2, -0.15) is 0 Å². The first-order valence-electron chi connectivity index (χ1n) is 13.6. The minimum Gasteiger partial charge on any atom is -0.379 e. The Hall–Kier alpha value is -1.60. The Morgan fingerprint density at radius 3 is 1.59 bits per heavy atom. The van der Waals surface area contributed by atoms with E-state index in [1.807, 2.05) is 0 Å². The van der Waals surface area contributed by atoms with Crippen LogP contribution in [0.5, 0.6) is 0 Å². The lowest BCUT2D eigenvalue weighted by atomic mass is 9.77. The van der Waals surface area contributed by atoms with Crippen molar-refractivity contribution in [2.45, 2.75) is 109 Å². The lowest BCUT2D eigenvalue weighted by molar-refractivity contribution is 0.0328. The van der Waals surface area contributed by atoms with Crippen LogP contribution in [0.25, 0.3) is 11.1 Å². The summed E-state index contributed by atoms with van der Waals surface area (Å²) in [4.78, 5) is 0. The van der Waals surface area contributed by atoms with Crippen LogP contribution in [0.3, 0.4) is 0 Å². The molecule has 0 amide bonds. The molecule has 2 saturated carbocycles. The van der Waals surface area contributed by atoms with E-state index in [0.717, 1.165) is 18.4 Å². The summed E-state index contributed by atoms with van der Waals surface area (Å²) in [5, 5.41) is 0. The maximum Gasteiger partial charge on any atom is 0.0575 e. The standard InChI is InChI=1S/C31H44O/c1-3-5-6-7-24-8-10-25(11-9-24)26-12-14-27(15-13-26)28-16-18-29(19-17-28)30-20-22-31(23-21-30)32-4-2/h12-19,24-25,30-31H,3-11,20-23H2,1-2H3. The second kappa shape index (κ2) is 12.0. The molecule has 0 N–H and O–H groups in total. The fourth-order valence-corrected chi connectivity index (χ4v) is 6.16. The molecule has 0 spiro atoms. The average molecular weight is 433 g/mol. The predicted molar refractivity (Wildman–Crippen MR) is 137 cm³/mol. The fraction of sp³-hybridized carbons (Fsp3) is 0.613. The second-order valence-electron chi connectivity index (χ2n) is 10.4. The molecule has 0 aliphatic heterocycles. The molecule has 0 unspecified atom stereocenters. The van der Waals surface area contributed by atoms with Crippen LogP contribution in [0.1, 0.15) is 114 Å². The van der Waals surface area contributed by atoms with Crippen molar-refractivity contribution in [2.24, 2.45) is 5.92 Å². The first-order chi connectivity index (χ1) is 15.8. The second-order valence-corrected chi connectivity index (χ2v) is 10.4. The van der Waals surface area contributed by atoms with Gasteiger partial charge in [-0.25, -0.2) is 0 Å². The van der Waals surface area contributed by atoms with Crippen LogP contribution >= 0.6 is 0 Å². The van der Waals surface area contributed by atoms with E-state index in [0.29, 0.717) is 12.0 Å². The molecule has 0 atom stereocenters. The van der Waals surface area contributed by atoms with E-state index in [-0.39, 0.29) is 0 Å². The van der Waals surface area contributed by atoms with E-state index < -0.39 is 0 Å². The quantitative estimate of drug-likeness (QED) is 0.359. The maximum atomic E-state index is 5.82. The first kappa shape index (κ1) is 23.6. The third kappa shape index (κ3) is 6.25. The SMILES string of the molecule is CCCCCC1CCC(c2ccc(-c3ccc(C4CCC(OCC)CC4)cc3)cc2)CC1. The number of rotatable bonds is 9. The van der Waals surface area contributed by atoms with E-state index in [9.17, 15) is 0 Å². The van der Waals surface area contributed by atoms with Crippen molar-refractivity contribution in [3.8, 4) is 11.1 Å². The minimum atomic E-state index is 0.491. The van der Waals surface area contributed by atoms with Gasteiger partial charge in [-0.1, -0.05) is 81.1 Å². The molecule has 4 rings (SSSR count). The highest BCUT2D eigenvalue weighted by molar-refractivity contribution is 5.64. The Kier molecular flexibility index (Phi) is 8.85. The highest BCUT2D eigenvalue weighted by Gasteiger charge is 2.23. The van der Waals surface area contributed by atoms with Crippen LogP contribution < -0.4 is 0 Å². The molecule has 2 aliphatic rings. The van der Waals surface area contributed by atoms with Crippen molar-refractivity contribution < 1.29 is 4.74 Å². The van der Waals surface area contributed by atoms with E-state index in [4.69, 9.17) is 4.74 Å². The Balaban J connectivity index is 1.29. The smallest absolute Gasteiger partial charge is 0.0575 e. The van der Waals surface area contributed by atoms with Crippen LogP contribution in [0.4, 0.5) is 0 Å². The van der Waals surface area contributed by atoms with Gasteiger partial charge in [0.05, 0.1) is 6.10 Å². The van der Waals surface area contributed by atoms with Crippen molar-refractivity contribution >= 4 is 0 Å².